The molecule has 1 atom stereocenters. The van der Waals surface area contributed by atoms with Gasteiger partial charge in [-0.05, 0) is 12.8 Å². The standard InChI is InChI=1S/C14H24N4O/c1-5-7-10(6-2)17-14(19)12-11(15)8-16-13(18-12)9(3)4/h8-10H,5-7,15H2,1-4H3,(H,17,19). The molecule has 1 unspecified atom stereocenters. The van der Waals surface area contributed by atoms with Gasteiger partial charge in [0.15, 0.2) is 5.69 Å². The second kappa shape index (κ2) is 7.07. The van der Waals surface area contributed by atoms with Crippen LogP contribution in [0.4, 0.5) is 5.69 Å². The van der Waals surface area contributed by atoms with E-state index in [1.54, 1.807) is 0 Å². The third-order valence-electron chi connectivity index (χ3n) is 3.03. The predicted molar refractivity (Wildman–Crippen MR) is 77.0 cm³/mol. The molecule has 1 amide bonds. The van der Waals surface area contributed by atoms with Crippen molar-refractivity contribution in [2.75, 3.05) is 5.73 Å². The number of anilines is 1. The molecule has 106 valence electrons. The minimum atomic E-state index is -0.206. The van der Waals surface area contributed by atoms with Crippen molar-refractivity contribution < 1.29 is 4.79 Å². The topological polar surface area (TPSA) is 80.9 Å². The molecule has 0 fully saturated rings. The lowest BCUT2D eigenvalue weighted by Crippen LogP contribution is -2.35. The van der Waals surface area contributed by atoms with Crippen LogP contribution in [-0.2, 0) is 0 Å². The van der Waals surface area contributed by atoms with Crippen LogP contribution in [0.15, 0.2) is 6.20 Å². The highest BCUT2D eigenvalue weighted by atomic mass is 16.2. The van der Waals surface area contributed by atoms with Crippen LogP contribution >= 0.6 is 0 Å². The van der Waals surface area contributed by atoms with E-state index in [1.807, 2.05) is 13.8 Å². The monoisotopic (exact) mass is 264 g/mol. The maximum absolute atomic E-state index is 12.2. The third kappa shape index (κ3) is 4.19. The molecule has 0 radical (unpaired) electrons. The number of carbonyl (C=O) groups is 1. The minimum absolute atomic E-state index is 0.171. The van der Waals surface area contributed by atoms with E-state index >= 15 is 0 Å². The minimum Gasteiger partial charge on any atom is -0.396 e. The van der Waals surface area contributed by atoms with Crippen molar-refractivity contribution >= 4 is 11.6 Å². The molecule has 5 heteroatoms. The second-order valence-electron chi connectivity index (χ2n) is 5.05. The van der Waals surface area contributed by atoms with Gasteiger partial charge in [0.05, 0.1) is 11.9 Å². The van der Waals surface area contributed by atoms with Gasteiger partial charge < -0.3 is 11.1 Å². The summed E-state index contributed by atoms with van der Waals surface area (Å²) in [7, 11) is 0. The average Bonchev–Trinajstić information content (AvgIpc) is 2.38. The summed E-state index contributed by atoms with van der Waals surface area (Å²) in [6.07, 6.45) is 4.42. The number of nitrogens with two attached hydrogens (primary N) is 1. The zero-order valence-electron chi connectivity index (χ0n) is 12.2. The summed E-state index contributed by atoms with van der Waals surface area (Å²) in [5.41, 5.74) is 6.41. The molecule has 1 heterocycles. The van der Waals surface area contributed by atoms with Crippen molar-refractivity contribution in [3.63, 3.8) is 0 Å². The van der Waals surface area contributed by atoms with Crippen molar-refractivity contribution in [1.29, 1.82) is 0 Å². The molecule has 0 bridgehead atoms. The van der Waals surface area contributed by atoms with Crippen LogP contribution < -0.4 is 11.1 Å². The fourth-order valence-electron chi connectivity index (χ4n) is 1.85. The fourth-order valence-corrected chi connectivity index (χ4v) is 1.85. The lowest BCUT2D eigenvalue weighted by atomic mass is 10.1. The molecule has 0 saturated carbocycles. The summed E-state index contributed by atoms with van der Waals surface area (Å²) >= 11 is 0. The van der Waals surface area contributed by atoms with Crippen LogP contribution in [0.1, 0.15) is 69.2 Å². The molecular formula is C14H24N4O. The molecule has 0 aliphatic heterocycles. The van der Waals surface area contributed by atoms with Crippen molar-refractivity contribution in [1.82, 2.24) is 15.3 Å². The molecule has 3 N–H and O–H groups in total. The summed E-state index contributed by atoms with van der Waals surface area (Å²) in [6.45, 7) is 8.13. The summed E-state index contributed by atoms with van der Waals surface area (Å²) in [4.78, 5) is 20.6. The van der Waals surface area contributed by atoms with E-state index in [0.29, 0.717) is 11.5 Å². The van der Waals surface area contributed by atoms with E-state index in [2.05, 4.69) is 29.1 Å². The maximum Gasteiger partial charge on any atom is 0.272 e. The Balaban J connectivity index is 2.89. The Kier molecular flexibility index (Phi) is 5.73. The number of hydrogen-bond donors (Lipinski definition) is 2. The zero-order chi connectivity index (χ0) is 14.4. The van der Waals surface area contributed by atoms with Crippen LogP contribution in [0.5, 0.6) is 0 Å². The number of nitrogens with one attached hydrogen (secondary N) is 1. The quantitative estimate of drug-likeness (QED) is 0.827. The smallest absolute Gasteiger partial charge is 0.272 e. The Labute approximate surface area is 115 Å². The van der Waals surface area contributed by atoms with Gasteiger partial charge in [0.1, 0.15) is 5.82 Å². The van der Waals surface area contributed by atoms with Crippen molar-refractivity contribution in [2.45, 2.75) is 58.9 Å². The van der Waals surface area contributed by atoms with E-state index in [4.69, 9.17) is 5.73 Å². The van der Waals surface area contributed by atoms with Crippen molar-refractivity contribution in [3.05, 3.63) is 17.7 Å². The first-order chi connectivity index (χ1) is 8.99. The molecule has 0 aromatic carbocycles. The number of hydrogen-bond acceptors (Lipinski definition) is 4. The van der Waals surface area contributed by atoms with Crippen molar-refractivity contribution in [3.8, 4) is 0 Å². The summed E-state index contributed by atoms with van der Waals surface area (Å²) in [5.74, 6) is 0.606. The first-order valence-electron chi connectivity index (χ1n) is 6.92. The van der Waals surface area contributed by atoms with Crippen LogP contribution in [-0.4, -0.2) is 21.9 Å². The lowest BCUT2D eigenvalue weighted by Gasteiger charge is -2.16. The predicted octanol–water partition coefficient (Wildman–Crippen LogP) is 2.49. The summed E-state index contributed by atoms with van der Waals surface area (Å²) in [6, 6.07) is 0.175. The van der Waals surface area contributed by atoms with Crippen LogP contribution in [0.25, 0.3) is 0 Å². The highest BCUT2D eigenvalue weighted by Crippen LogP contribution is 2.14. The first-order valence-corrected chi connectivity index (χ1v) is 6.92. The van der Waals surface area contributed by atoms with Gasteiger partial charge in [-0.25, -0.2) is 9.97 Å². The Morgan fingerprint density at radius 2 is 2.11 bits per heavy atom. The van der Waals surface area contributed by atoms with Gasteiger partial charge in [-0.2, -0.15) is 0 Å². The molecule has 0 spiro atoms. The molecular weight excluding hydrogens is 240 g/mol. The van der Waals surface area contributed by atoms with E-state index in [0.717, 1.165) is 19.3 Å². The van der Waals surface area contributed by atoms with Crippen LogP contribution in [0.3, 0.4) is 0 Å². The van der Waals surface area contributed by atoms with Gasteiger partial charge in [0, 0.05) is 12.0 Å². The number of rotatable bonds is 6. The summed E-state index contributed by atoms with van der Waals surface area (Å²) in [5, 5.41) is 2.98. The Bertz CT molecular complexity index is 431. The highest BCUT2D eigenvalue weighted by molar-refractivity contribution is 5.97. The third-order valence-corrected chi connectivity index (χ3v) is 3.03. The average molecular weight is 264 g/mol. The number of nitrogen functional groups attached to an aromatic ring is 1. The van der Waals surface area contributed by atoms with E-state index < -0.39 is 0 Å². The Morgan fingerprint density at radius 1 is 1.42 bits per heavy atom. The van der Waals surface area contributed by atoms with Crippen LogP contribution in [0, 0.1) is 0 Å². The van der Waals surface area contributed by atoms with Crippen LogP contribution in [0.2, 0.25) is 0 Å². The first kappa shape index (κ1) is 15.4. The highest BCUT2D eigenvalue weighted by Gasteiger charge is 2.17. The number of amides is 1. The molecule has 0 aliphatic carbocycles. The van der Waals surface area contributed by atoms with Gasteiger partial charge in [0.2, 0.25) is 0 Å². The fraction of sp³-hybridized carbons (Fsp3) is 0.643. The molecule has 1 aromatic rings. The Morgan fingerprint density at radius 3 is 2.63 bits per heavy atom. The molecule has 1 aromatic heterocycles. The van der Waals surface area contributed by atoms with Crippen molar-refractivity contribution in [2.24, 2.45) is 0 Å². The van der Waals surface area contributed by atoms with E-state index in [9.17, 15) is 4.79 Å². The number of carbonyl (C=O) groups excluding carboxylic acids is 1. The number of aromatic nitrogens is 2. The van der Waals surface area contributed by atoms with Gasteiger partial charge in [-0.15, -0.1) is 0 Å². The molecule has 5 nitrogen and oxygen atoms in total. The Hall–Kier alpha value is -1.65. The molecule has 0 aliphatic rings. The normalized spacial score (nSPS) is 12.5. The van der Waals surface area contributed by atoms with Gasteiger partial charge in [-0.3, -0.25) is 4.79 Å². The molecule has 19 heavy (non-hydrogen) atoms. The van der Waals surface area contributed by atoms with E-state index in [-0.39, 0.29) is 23.6 Å². The zero-order valence-corrected chi connectivity index (χ0v) is 12.2. The lowest BCUT2D eigenvalue weighted by molar-refractivity contribution is 0.0929. The summed E-state index contributed by atoms with van der Waals surface area (Å²) < 4.78 is 0. The van der Waals surface area contributed by atoms with E-state index in [1.165, 1.54) is 6.20 Å². The largest absolute Gasteiger partial charge is 0.396 e. The second-order valence-corrected chi connectivity index (χ2v) is 5.05. The SMILES string of the molecule is CCCC(CC)NC(=O)c1nc(C(C)C)ncc1N. The number of nitrogens with zero attached hydrogens (tertiary/aromatic N) is 2. The maximum atomic E-state index is 12.2. The molecule has 0 saturated heterocycles. The molecule has 1 rings (SSSR count). The van der Waals surface area contributed by atoms with Gasteiger partial charge in [-0.1, -0.05) is 34.1 Å². The van der Waals surface area contributed by atoms with Gasteiger partial charge in [0.25, 0.3) is 5.91 Å². The van der Waals surface area contributed by atoms with Gasteiger partial charge >= 0.3 is 0 Å².